The monoisotopic (exact) mass is 266 g/mol. The predicted molar refractivity (Wildman–Crippen MR) is 72.5 cm³/mol. The average molecular weight is 266 g/mol. The second-order valence-electron chi connectivity index (χ2n) is 4.85. The van der Waals surface area contributed by atoms with Crippen LogP contribution in [0.4, 0.5) is 0 Å². The van der Waals surface area contributed by atoms with E-state index in [9.17, 15) is 10.2 Å². The smallest absolute Gasteiger partial charge is 0.161 e. The van der Waals surface area contributed by atoms with E-state index in [0.29, 0.717) is 30.3 Å². The average Bonchev–Trinajstić information content (AvgIpc) is 3.24. The second-order valence-corrected chi connectivity index (χ2v) is 4.85. The minimum absolute atomic E-state index is 0.233. The van der Waals surface area contributed by atoms with Crippen LogP contribution in [-0.4, -0.2) is 29.5 Å². The van der Waals surface area contributed by atoms with Crippen molar-refractivity contribution >= 4 is 0 Å². The van der Waals surface area contributed by atoms with Crippen LogP contribution in [0.25, 0.3) is 0 Å². The molecule has 0 saturated heterocycles. The van der Waals surface area contributed by atoms with Gasteiger partial charge in [-0.1, -0.05) is 6.07 Å². The molecule has 0 spiro atoms. The van der Waals surface area contributed by atoms with Crippen molar-refractivity contribution in [3.8, 4) is 11.5 Å². The molecule has 4 nitrogen and oxygen atoms in total. The lowest BCUT2D eigenvalue weighted by molar-refractivity contribution is 0.00470. The van der Waals surface area contributed by atoms with Crippen LogP contribution in [0.15, 0.2) is 18.2 Å². The zero-order valence-corrected chi connectivity index (χ0v) is 11.5. The molecule has 2 unspecified atom stereocenters. The van der Waals surface area contributed by atoms with Crippen LogP contribution in [0, 0.1) is 5.92 Å². The molecule has 0 bridgehead atoms. The van der Waals surface area contributed by atoms with Crippen molar-refractivity contribution in [1.29, 1.82) is 0 Å². The molecule has 1 fully saturated rings. The predicted octanol–water partition coefficient (Wildman–Crippen LogP) is 2.29. The molecule has 1 aliphatic carbocycles. The third-order valence-corrected chi connectivity index (χ3v) is 3.34. The van der Waals surface area contributed by atoms with Crippen molar-refractivity contribution in [3.63, 3.8) is 0 Å². The van der Waals surface area contributed by atoms with Crippen LogP contribution in [0.2, 0.25) is 0 Å². The molecule has 0 aromatic heterocycles. The van der Waals surface area contributed by atoms with E-state index in [1.807, 2.05) is 13.8 Å². The molecule has 0 aliphatic heterocycles. The minimum Gasteiger partial charge on any atom is -0.490 e. The zero-order valence-electron chi connectivity index (χ0n) is 11.5. The fraction of sp³-hybridized carbons (Fsp3) is 0.600. The third-order valence-electron chi connectivity index (χ3n) is 3.34. The Kier molecular flexibility index (Phi) is 4.66. The van der Waals surface area contributed by atoms with Crippen molar-refractivity contribution in [3.05, 3.63) is 23.8 Å². The summed E-state index contributed by atoms with van der Waals surface area (Å²) < 4.78 is 11.0. The lowest BCUT2D eigenvalue weighted by Crippen LogP contribution is -2.20. The highest BCUT2D eigenvalue weighted by Crippen LogP contribution is 2.39. The number of hydrogen-bond acceptors (Lipinski definition) is 4. The summed E-state index contributed by atoms with van der Waals surface area (Å²) in [7, 11) is 0. The Morgan fingerprint density at radius 3 is 2.32 bits per heavy atom. The van der Waals surface area contributed by atoms with Crippen molar-refractivity contribution in [1.82, 2.24) is 0 Å². The van der Waals surface area contributed by atoms with Crippen LogP contribution in [0.5, 0.6) is 11.5 Å². The third kappa shape index (κ3) is 3.39. The molecule has 106 valence electrons. The SMILES string of the molecule is CCOc1ccc(C(O)C(O)C2CC2)cc1OCC. The summed E-state index contributed by atoms with van der Waals surface area (Å²) in [6.45, 7) is 4.91. The molecule has 0 radical (unpaired) electrons. The molecular weight excluding hydrogens is 244 g/mol. The van der Waals surface area contributed by atoms with E-state index in [-0.39, 0.29) is 5.92 Å². The Bertz CT molecular complexity index is 415. The summed E-state index contributed by atoms with van der Waals surface area (Å²) >= 11 is 0. The lowest BCUT2D eigenvalue weighted by Gasteiger charge is -2.19. The van der Waals surface area contributed by atoms with Crippen molar-refractivity contribution in [2.45, 2.75) is 38.9 Å². The molecular formula is C15H22O4. The fourth-order valence-electron chi connectivity index (χ4n) is 2.14. The number of rotatable bonds is 7. The molecule has 1 aromatic rings. The van der Waals surface area contributed by atoms with Crippen molar-refractivity contribution in [2.75, 3.05) is 13.2 Å². The Hall–Kier alpha value is -1.26. The Labute approximate surface area is 114 Å². The zero-order chi connectivity index (χ0) is 13.8. The number of aliphatic hydroxyl groups excluding tert-OH is 2. The van der Waals surface area contributed by atoms with Crippen LogP contribution in [0.3, 0.4) is 0 Å². The topological polar surface area (TPSA) is 58.9 Å². The molecule has 4 heteroatoms. The quantitative estimate of drug-likeness (QED) is 0.795. The molecule has 2 atom stereocenters. The largest absolute Gasteiger partial charge is 0.490 e. The first-order valence-electron chi connectivity index (χ1n) is 6.93. The van der Waals surface area contributed by atoms with Gasteiger partial charge in [0.25, 0.3) is 0 Å². The van der Waals surface area contributed by atoms with Gasteiger partial charge in [0.05, 0.1) is 19.3 Å². The molecule has 2 rings (SSSR count). The van der Waals surface area contributed by atoms with E-state index in [0.717, 1.165) is 12.8 Å². The molecule has 19 heavy (non-hydrogen) atoms. The van der Waals surface area contributed by atoms with Gasteiger partial charge in [0, 0.05) is 0 Å². The summed E-state index contributed by atoms with van der Waals surface area (Å²) in [5.74, 6) is 1.52. The number of ether oxygens (including phenoxy) is 2. The first kappa shape index (κ1) is 14.2. The lowest BCUT2D eigenvalue weighted by atomic mass is 10.0. The van der Waals surface area contributed by atoms with Gasteiger partial charge in [0.15, 0.2) is 11.5 Å². The summed E-state index contributed by atoms with van der Waals surface area (Å²) in [5.41, 5.74) is 0.673. The normalized spacial score (nSPS) is 17.9. The van der Waals surface area contributed by atoms with Crippen LogP contribution >= 0.6 is 0 Å². The van der Waals surface area contributed by atoms with Gasteiger partial charge in [-0.25, -0.2) is 0 Å². The molecule has 1 aliphatic rings. The maximum absolute atomic E-state index is 10.2. The first-order chi connectivity index (χ1) is 9.17. The van der Waals surface area contributed by atoms with Crippen LogP contribution in [0.1, 0.15) is 38.4 Å². The van der Waals surface area contributed by atoms with Crippen LogP contribution < -0.4 is 9.47 Å². The summed E-state index contributed by atoms with van der Waals surface area (Å²) in [6, 6.07) is 5.32. The standard InChI is InChI=1S/C15H22O4/c1-3-18-12-8-7-11(9-13(12)19-4-2)15(17)14(16)10-5-6-10/h7-10,14-17H,3-6H2,1-2H3. The molecule has 2 N–H and O–H groups in total. The van der Waals surface area contributed by atoms with Crippen molar-refractivity contribution in [2.24, 2.45) is 5.92 Å². The highest BCUT2D eigenvalue weighted by atomic mass is 16.5. The highest BCUT2D eigenvalue weighted by Gasteiger charge is 2.35. The molecule has 0 amide bonds. The summed E-state index contributed by atoms with van der Waals surface area (Å²) in [6.07, 6.45) is 0.441. The Morgan fingerprint density at radius 1 is 1.11 bits per heavy atom. The molecule has 1 saturated carbocycles. The maximum Gasteiger partial charge on any atom is 0.161 e. The minimum atomic E-state index is -0.859. The van der Waals surface area contributed by atoms with Gasteiger partial charge >= 0.3 is 0 Å². The van der Waals surface area contributed by atoms with Gasteiger partial charge in [-0.05, 0) is 50.3 Å². The van der Waals surface area contributed by atoms with E-state index in [1.54, 1.807) is 18.2 Å². The van der Waals surface area contributed by atoms with Gasteiger partial charge in [-0.2, -0.15) is 0 Å². The Morgan fingerprint density at radius 2 is 1.74 bits per heavy atom. The fourth-order valence-corrected chi connectivity index (χ4v) is 2.14. The van der Waals surface area contributed by atoms with E-state index in [1.165, 1.54) is 0 Å². The molecule has 1 aromatic carbocycles. The summed E-state index contributed by atoms with van der Waals surface area (Å²) in [4.78, 5) is 0. The number of benzene rings is 1. The highest BCUT2D eigenvalue weighted by molar-refractivity contribution is 5.44. The van der Waals surface area contributed by atoms with Crippen LogP contribution in [-0.2, 0) is 0 Å². The van der Waals surface area contributed by atoms with E-state index in [4.69, 9.17) is 9.47 Å². The summed E-state index contributed by atoms with van der Waals surface area (Å²) in [5, 5.41) is 20.1. The van der Waals surface area contributed by atoms with E-state index >= 15 is 0 Å². The van der Waals surface area contributed by atoms with Gasteiger partial charge in [0.1, 0.15) is 6.10 Å². The van der Waals surface area contributed by atoms with E-state index < -0.39 is 12.2 Å². The van der Waals surface area contributed by atoms with Gasteiger partial charge in [-0.15, -0.1) is 0 Å². The first-order valence-corrected chi connectivity index (χ1v) is 6.93. The number of aliphatic hydroxyl groups is 2. The van der Waals surface area contributed by atoms with Gasteiger partial charge in [0.2, 0.25) is 0 Å². The van der Waals surface area contributed by atoms with Gasteiger partial charge < -0.3 is 19.7 Å². The maximum atomic E-state index is 10.2. The Balaban J connectivity index is 2.18. The second kappa shape index (κ2) is 6.26. The number of hydrogen-bond donors (Lipinski definition) is 2. The van der Waals surface area contributed by atoms with Gasteiger partial charge in [-0.3, -0.25) is 0 Å². The molecule has 0 heterocycles. The van der Waals surface area contributed by atoms with E-state index in [2.05, 4.69) is 0 Å². The van der Waals surface area contributed by atoms with Crippen molar-refractivity contribution < 1.29 is 19.7 Å².